The lowest BCUT2D eigenvalue weighted by Crippen LogP contribution is -2.39. The van der Waals surface area contributed by atoms with Gasteiger partial charge < -0.3 is 10.3 Å². The number of rotatable bonds is 3. The molecule has 3 aromatic rings. The fraction of sp³-hybridized carbons (Fsp3) is 0.273. The highest BCUT2D eigenvalue weighted by Gasteiger charge is 2.23. The highest BCUT2D eigenvalue weighted by atomic mass is 19.2. The normalized spacial score (nSPS) is 14.1. The van der Waals surface area contributed by atoms with Gasteiger partial charge in [-0.15, -0.1) is 0 Å². The fourth-order valence-electron chi connectivity index (χ4n) is 3.90. The number of halogens is 2. The molecule has 0 saturated carbocycles. The summed E-state index contributed by atoms with van der Waals surface area (Å²) >= 11 is 0. The monoisotopic (exact) mass is 397 g/mol. The van der Waals surface area contributed by atoms with E-state index in [1.165, 1.54) is 6.07 Å². The molecule has 1 aliphatic heterocycles. The van der Waals surface area contributed by atoms with Crippen LogP contribution >= 0.6 is 0 Å². The Hall–Kier alpha value is -3.06. The van der Waals surface area contributed by atoms with Crippen molar-refractivity contribution in [2.75, 3.05) is 18.4 Å². The predicted octanol–water partition coefficient (Wildman–Crippen LogP) is 3.42. The molecule has 1 aliphatic rings. The molecule has 1 aromatic heterocycles. The number of nitrogens with one attached hydrogen (secondary N) is 2. The quantitative estimate of drug-likeness (QED) is 0.712. The van der Waals surface area contributed by atoms with Crippen molar-refractivity contribution in [1.82, 2.24) is 9.88 Å². The van der Waals surface area contributed by atoms with E-state index in [9.17, 15) is 18.4 Å². The lowest BCUT2D eigenvalue weighted by molar-refractivity contribution is -0.117. The van der Waals surface area contributed by atoms with E-state index in [4.69, 9.17) is 0 Å². The van der Waals surface area contributed by atoms with E-state index in [-0.39, 0.29) is 23.6 Å². The number of carbonyl (C=O) groups is 1. The molecule has 5 nitrogen and oxygen atoms in total. The molecule has 0 atom stereocenters. The first-order chi connectivity index (χ1) is 13.8. The third-order valence-corrected chi connectivity index (χ3v) is 5.27. The second kappa shape index (κ2) is 7.40. The van der Waals surface area contributed by atoms with Crippen molar-refractivity contribution in [3.8, 4) is 0 Å². The fourth-order valence-corrected chi connectivity index (χ4v) is 3.90. The van der Waals surface area contributed by atoms with Gasteiger partial charge in [-0.05, 0) is 43.2 Å². The number of anilines is 1. The molecule has 0 fully saturated rings. The Labute approximate surface area is 166 Å². The topological polar surface area (TPSA) is 65.2 Å². The first-order valence-corrected chi connectivity index (χ1v) is 9.44. The SMILES string of the molecule is Cc1cc(C)c2[nH]c3c(c(=O)c2c1)CN(CC(=O)Nc1ccc(F)c(F)c1)CC3. The van der Waals surface area contributed by atoms with Crippen molar-refractivity contribution in [1.29, 1.82) is 0 Å². The van der Waals surface area contributed by atoms with E-state index >= 15 is 0 Å². The summed E-state index contributed by atoms with van der Waals surface area (Å²) in [5.41, 5.74) is 4.70. The molecule has 0 unspecified atom stereocenters. The summed E-state index contributed by atoms with van der Waals surface area (Å²) in [6, 6.07) is 7.15. The summed E-state index contributed by atoms with van der Waals surface area (Å²) in [4.78, 5) is 30.6. The molecule has 0 saturated heterocycles. The molecule has 150 valence electrons. The molecule has 4 rings (SSSR count). The van der Waals surface area contributed by atoms with Crippen LogP contribution in [0.5, 0.6) is 0 Å². The first-order valence-electron chi connectivity index (χ1n) is 9.44. The Morgan fingerprint density at radius 1 is 1.17 bits per heavy atom. The number of fused-ring (bicyclic) bond motifs is 2. The Morgan fingerprint density at radius 2 is 1.97 bits per heavy atom. The molecule has 0 spiro atoms. The maximum Gasteiger partial charge on any atom is 0.238 e. The number of hydrogen-bond acceptors (Lipinski definition) is 3. The number of nitrogens with zero attached hydrogens (tertiary/aromatic N) is 1. The molecular formula is C22H21F2N3O2. The number of carbonyl (C=O) groups excluding carboxylic acids is 1. The van der Waals surface area contributed by atoms with Crippen LogP contribution in [0.4, 0.5) is 14.5 Å². The maximum absolute atomic E-state index is 13.3. The number of aryl methyl sites for hydroxylation is 2. The highest BCUT2D eigenvalue weighted by molar-refractivity contribution is 5.92. The van der Waals surface area contributed by atoms with Crippen molar-refractivity contribution in [3.05, 3.63) is 74.6 Å². The van der Waals surface area contributed by atoms with Gasteiger partial charge in [0.15, 0.2) is 17.1 Å². The number of aromatic amines is 1. The van der Waals surface area contributed by atoms with Crippen molar-refractivity contribution < 1.29 is 13.6 Å². The van der Waals surface area contributed by atoms with Gasteiger partial charge in [-0.1, -0.05) is 6.07 Å². The molecule has 7 heteroatoms. The molecule has 0 radical (unpaired) electrons. The van der Waals surface area contributed by atoms with Crippen molar-refractivity contribution in [3.63, 3.8) is 0 Å². The van der Waals surface area contributed by atoms with Gasteiger partial charge in [-0.3, -0.25) is 14.5 Å². The smallest absolute Gasteiger partial charge is 0.238 e. The van der Waals surface area contributed by atoms with Crippen LogP contribution in [-0.4, -0.2) is 28.9 Å². The number of aromatic nitrogens is 1. The lowest BCUT2D eigenvalue weighted by atomic mass is 9.99. The van der Waals surface area contributed by atoms with Crippen LogP contribution in [0.3, 0.4) is 0 Å². The van der Waals surface area contributed by atoms with Crippen LogP contribution in [0, 0.1) is 25.5 Å². The Morgan fingerprint density at radius 3 is 2.72 bits per heavy atom. The number of pyridine rings is 1. The maximum atomic E-state index is 13.3. The summed E-state index contributed by atoms with van der Waals surface area (Å²) in [6.07, 6.45) is 0.631. The van der Waals surface area contributed by atoms with Gasteiger partial charge in [0.2, 0.25) is 5.91 Å². The number of hydrogen-bond donors (Lipinski definition) is 2. The summed E-state index contributed by atoms with van der Waals surface area (Å²) in [6.45, 7) is 4.97. The summed E-state index contributed by atoms with van der Waals surface area (Å²) < 4.78 is 26.3. The Bertz CT molecular complexity index is 1190. The second-order valence-electron chi connectivity index (χ2n) is 7.55. The summed E-state index contributed by atoms with van der Waals surface area (Å²) in [7, 11) is 0. The lowest BCUT2D eigenvalue weighted by Gasteiger charge is -2.28. The van der Waals surface area contributed by atoms with Crippen LogP contribution in [0.25, 0.3) is 10.9 Å². The zero-order valence-corrected chi connectivity index (χ0v) is 16.2. The minimum atomic E-state index is -1.02. The zero-order valence-electron chi connectivity index (χ0n) is 16.2. The highest BCUT2D eigenvalue weighted by Crippen LogP contribution is 2.22. The van der Waals surface area contributed by atoms with Crippen molar-refractivity contribution >= 4 is 22.5 Å². The molecule has 2 heterocycles. The van der Waals surface area contributed by atoms with Gasteiger partial charge in [0.25, 0.3) is 0 Å². The third kappa shape index (κ3) is 3.78. The molecular weight excluding hydrogens is 376 g/mol. The standard InChI is InChI=1S/C22H21F2N3O2/c1-12-7-13(2)21-15(8-12)22(29)16-10-27(6-5-19(16)26-21)11-20(28)25-14-3-4-17(23)18(24)9-14/h3-4,7-9H,5-6,10-11H2,1-2H3,(H,25,28)(H,26,29). The number of benzene rings is 2. The van der Waals surface area contributed by atoms with Gasteiger partial charge in [0, 0.05) is 47.9 Å². The van der Waals surface area contributed by atoms with Crippen molar-refractivity contribution in [2.45, 2.75) is 26.8 Å². The first kappa shape index (κ1) is 19.3. The van der Waals surface area contributed by atoms with Crippen LogP contribution in [-0.2, 0) is 17.8 Å². The summed E-state index contributed by atoms with van der Waals surface area (Å²) in [5.74, 6) is -2.32. The molecule has 29 heavy (non-hydrogen) atoms. The minimum absolute atomic E-state index is 0.00809. The van der Waals surface area contributed by atoms with E-state index in [0.717, 1.165) is 34.5 Å². The molecule has 1 amide bonds. The van der Waals surface area contributed by atoms with Gasteiger partial charge in [-0.25, -0.2) is 8.78 Å². The third-order valence-electron chi connectivity index (χ3n) is 5.27. The number of amides is 1. The Kier molecular flexibility index (Phi) is 4.92. The molecule has 0 aliphatic carbocycles. The van der Waals surface area contributed by atoms with Crippen LogP contribution in [0.1, 0.15) is 22.4 Å². The largest absolute Gasteiger partial charge is 0.358 e. The van der Waals surface area contributed by atoms with E-state index in [2.05, 4.69) is 10.3 Å². The van der Waals surface area contributed by atoms with Gasteiger partial charge in [-0.2, -0.15) is 0 Å². The van der Waals surface area contributed by atoms with Gasteiger partial charge in [0.05, 0.1) is 12.1 Å². The Balaban J connectivity index is 1.53. The van der Waals surface area contributed by atoms with E-state index in [0.29, 0.717) is 30.5 Å². The van der Waals surface area contributed by atoms with E-state index in [1.54, 1.807) is 0 Å². The molecule has 2 aromatic carbocycles. The van der Waals surface area contributed by atoms with E-state index < -0.39 is 11.6 Å². The average Bonchev–Trinajstić information content (AvgIpc) is 2.66. The summed E-state index contributed by atoms with van der Waals surface area (Å²) in [5, 5.41) is 3.23. The molecule has 2 N–H and O–H groups in total. The second-order valence-corrected chi connectivity index (χ2v) is 7.55. The minimum Gasteiger partial charge on any atom is -0.358 e. The van der Waals surface area contributed by atoms with Crippen LogP contribution in [0.15, 0.2) is 35.1 Å². The zero-order chi connectivity index (χ0) is 20.7. The average molecular weight is 397 g/mol. The number of H-pyrrole nitrogens is 1. The molecule has 0 bridgehead atoms. The predicted molar refractivity (Wildman–Crippen MR) is 108 cm³/mol. The van der Waals surface area contributed by atoms with Crippen LogP contribution < -0.4 is 10.7 Å². The van der Waals surface area contributed by atoms with Crippen LogP contribution in [0.2, 0.25) is 0 Å². The van der Waals surface area contributed by atoms with Gasteiger partial charge in [0.1, 0.15) is 0 Å². The van der Waals surface area contributed by atoms with Crippen molar-refractivity contribution in [2.24, 2.45) is 0 Å². The van der Waals surface area contributed by atoms with Gasteiger partial charge >= 0.3 is 0 Å². The van der Waals surface area contributed by atoms with E-state index in [1.807, 2.05) is 30.9 Å².